The van der Waals surface area contributed by atoms with E-state index in [-0.39, 0.29) is 5.97 Å². The minimum absolute atomic E-state index is 0.152. The van der Waals surface area contributed by atoms with Crippen molar-refractivity contribution in [1.82, 2.24) is 15.3 Å². The summed E-state index contributed by atoms with van der Waals surface area (Å²) in [6.45, 7) is 6.95. The molecule has 0 fully saturated rings. The molecule has 6 heteroatoms. The van der Waals surface area contributed by atoms with Crippen molar-refractivity contribution in [2.24, 2.45) is 0 Å². The third-order valence-electron chi connectivity index (χ3n) is 3.08. The van der Waals surface area contributed by atoms with Crippen LogP contribution in [0, 0.1) is 0 Å². The average molecular weight is 299 g/mol. The van der Waals surface area contributed by atoms with E-state index in [1.165, 1.54) is 0 Å². The predicted octanol–water partition coefficient (Wildman–Crippen LogP) is 2.60. The summed E-state index contributed by atoms with van der Waals surface area (Å²) in [4.78, 5) is 19.2. The van der Waals surface area contributed by atoms with Gasteiger partial charge in [0, 0.05) is 18.1 Å². The Labute approximate surface area is 125 Å². The first-order valence-electron chi connectivity index (χ1n) is 7.16. The normalized spacial score (nSPS) is 13.9. The Balaban J connectivity index is 2.29. The van der Waals surface area contributed by atoms with Crippen LogP contribution in [0.4, 0.5) is 0 Å². The largest absolute Gasteiger partial charge is 0.465 e. The van der Waals surface area contributed by atoms with Crippen LogP contribution in [0.1, 0.15) is 40.0 Å². The molecule has 0 saturated carbocycles. The van der Waals surface area contributed by atoms with Gasteiger partial charge >= 0.3 is 5.97 Å². The van der Waals surface area contributed by atoms with Gasteiger partial charge in [0.15, 0.2) is 5.16 Å². The zero-order valence-corrected chi connectivity index (χ0v) is 13.4. The van der Waals surface area contributed by atoms with Crippen molar-refractivity contribution in [2.45, 2.75) is 50.7 Å². The molecule has 0 aromatic carbocycles. The lowest BCUT2D eigenvalue weighted by atomic mass is 9.95. The molecule has 2 N–H and O–H groups in total. The van der Waals surface area contributed by atoms with Crippen LogP contribution in [0.3, 0.4) is 0 Å². The number of thioether (sulfide) groups is 1. The molecular formula is C14H25N3O2S. The second-order valence-corrected chi connectivity index (χ2v) is 5.87. The fraction of sp³-hybridized carbons (Fsp3) is 0.714. The molecule has 1 atom stereocenters. The highest BCUT2D eigenvalue weighted by Crippen LogP contribution is 2.19. The molecule has 0 bridgehead atoms. The number of aromatic nitrogens is 2. The highest BCUT2D eigenvalue weighted by molar-refractivity contribution is 7.99. The first kappa shape index (κ1) is 17.0. The van der Waals surface area contributed by atoms with Crippen molar-refractivity contribution in [3.63, 3.8) is 0 Å². The fourth-order valence-electron chi connectivity index (χ4n) is 2.02. The number of aromatic amines is 1. The maximum atomic E-state index is 12.0. The lowest BCUT2D eigenvalue weighted by molar-refractivity contribution is -0.150. The molecule has 114 valence electrons. The van der Waals surface area contributed by atoms with E-state index in [0.29, 0.717) is 6.61 Å². The van der Waals surface area contributed by atoms with Gasteiger partial charge in [-0.25, -0.2) is 4.98 Å². The molecule has 1 aromatic heterocycles. The van der Waals surface area contributed by atoms with Crippen molar-refractivity contribution in [3.05, 3.63) is 12.4 Å². The van der Waals surface area contributed by atoms with E-state index in [1.807, 2.05) is 27.0 Å². The van der Waals surface area contributed by atoms with Crippen LogP contribution in [0.2, 0.25) is 0 Å². The van der Waals surface area contributed by atoms with Crippen molar-refractivity contribution in [2.75, 3.05) is 18.9 Å². The van der Waals surface area contributed by atoms with Gasteiger partial charge in [-0.3, -0.25) is 4.79 Å². The molecule has 20 heavy (non-hydrogen) atoms. The van der Waals surface area contributed by atoms with Gasteiger partial charge in [-0.2, -0.15) is 0 Å². The number of imidazole rings is 1. The number of H-pyrrole nitrogens is 1. The summed E-state index contributed by atoms with van der Waals surface area (Å²) >= 11 is 1.71. The Morgan fingerprint density at radius 2 is 2.30 bits per heavy atom. The zero-order chi connectivity index (χ0) is 14.8. The first-order chi connectivity index (χ1) is 9.62. The summed E-state index contributed by atoms with van der Waals surface area (Å²) in [7, 11) is 0. The zero-order valence-electron chi connectivity index (χ0n) is 12.6. The van der Waals surface area contributed by atoms with Crippen LogP contribution in [0.5, 0.6) is 0 Å². The van der Waals surface area contributed by atoms with E-state index >= 15 is 0 Å². The number of carbonyl (C=O) groups is 1. The van der Waals surface area contributed by atoms with E-state index < -0.39 is 5.54 Å². The number of nitrogens with one attached hydrogen (secondary N) is 2. The third kappa shape index (κ3) is 5.54. The van der Waals surface area contributed by atoms with Crippen LogP contribution in [0.15, 0.2) is 17.6 Å². The van der Waals surface area contributed by atoms with Gasteiger partial charge in [-0.15, -0.1) is 0 Å². The fourth-order valence-corrected chi connectivity index (χ4v) is 2.85. The van der Waals surface area contributed by atoms with Crippen LogP contribution in [0.25, 0.3) is 0 Å². The van der Waals surface area contributed by atoms with Gasteiger partial charge in [-0.05, 0) is 33.2 Å². The van der Waals surface area contributed by atoms with E-state index in [4.69, 9.17) is 4.74 Å². The number of carbonyl (C=O) groups excluding carboxylic acids is 1. The topological polar surface area (TPSA) is 67.0 Å². The summed E-state index contributed by atoms with van der Waals surface area (Å²) in [6, 6.07) is 0. The Hall–Kier alpha value is -1.01. The highest BCUT2D eigenvalue weighted by Gasteiger charge is 2.32. The van der Waals surface area contributed by atoms with Gasteiger partial charge in [0.05, 0.1) is 6.61 Å². The Kier molecular flexibility index (Phi) is 7.69. The monoisotopic (exact) mass is 299 g/mol. The molecule has 0 saturated heterocycles. The maximum Gasteiger partial charge on any atom is 0.326 e. The molecule has 1 aromatic rings. The van der Waals surface area contributed by atoms with Gasteiger partial charge < -0.3 is 15.0 Å². The highest BCUT2D eigenvalue weighted by atomic mass is 32.2. The molecule has 0 aliphatic heterocycles. The Bertz CT molecular complexity index is 384. The summed E-state index contributed by atoms with van der Waals surface area (Å²) in [5, 5.41) is 4.20. The molecule has 1 rings (SSSR count). The minimum Gasteiger partial charge on any atom is -0.465 e. The lowest BCUT2D eigenvalue weighted by Gasteiger charge is -2.28. The smallest absolute Gasteiger partial charge is 0.326 e. The number of ether oxygens (including phenoxy) is 1. The summed E-state index contributed by atoms with van der Waals surface area (Å²) < 4.78 is 5.15. The van der Waals surface area contributed by atoms with Gasteiger partial charge in [0.2, 0.25) is 0 Å². The number of unbranched alkanes of at least 4 members (excludes halogenated alkanes) is 1. The SMILES string of the molecule is CCNC(C)(CCCCSc1ncc[nH]1)C(=O)OCC. The van der Waals surface area contributed by atoms with Crippen LogP contribution < -0.4 is 5.32 Å². The molecule has 0 radical (unpaired) electrons. The van der Waals surface area contributed by atoms with Gasteiger partial charge in [-0.1, -0.05) is 25.1 Å². The second-order valence-electron chi connectivity index (χ2n) is 4.78. The number of likely N-dealkylation sites (N-methyl/N-ethyl adjacent to an activating group) is 1. The molecular weight excluding hydrogens is 274 g/mol. The van der Waals surface area contributed by atoms with Crippen molar-refractivity contribution in [1.29, 1.82) is 0 Å². The van der Waals surface area contributed by atoms with Crippen LogP contribution in [-0.2, 0) is 9.53 Å². The molecule has 0 aliphatic rings. The van der Waals surface area contributed by atoms with E-state index in [9.17, 15) is 4.79 Å². The Morgan fingerprint density at radius 3 is 2.90 bits per heavy atom. The molecule has 0 amide bonds. The van der Waals surface area contributed by atoms with E-state index in [1.54, 1.807) is 18.0 Å². The summed E-state index contributed by atoms with van der Waals surface area (Å²) in [6.07, 6.45) is 6.40. The molecule has 1 heterocycles. The van der Waals surface area contributed by atoms with Gasteiger partial charge in [0.25, 0.3) is 0 Å². The third-order valence-corrected chi connectivity index (χ3v) is 4.07. The minimum atomic E-state index is -0.569. The quantitative estimate of drug-likeness (QED) is 0.395. The standard InChI is InChI=1S/C14H25N3O2S/c1-4-17-14(3,12(18)19-5-2)8-6-7-11-20-13-15-9-10-16-13/h9-10,17H,4-8,11H2,1-3H3,(H,15,16). The number of hydrogen-bond donors (Lipinski definition) is 2. The van der Waals surface area contributed by atoms with E-state index in [0.717, 1.165) is 36.7 Å². The van der Waals surface area contributed by atoms with Crippen molar-refractivity contribution >= 4 is 17.7 Å². The summed E-state index contributed by atoms with van der Waals surface area (Å²) in [5.41, 5.74) is -0.569. The number of rotatable bonds is 10. The van der Waals surface area contributed by atoms with Crippen molar-refractivity contribution in [3.8, 4) is 0 Å². The molecule has 5 nitrogen and oxygen atoms in total. The predicted molar refractivity (Wildman–Crippen MR) is 81.9 cm³/mol. The summed E-state index contributed by atoms with van der Waals surface area (Å²) in [5.74, 6) is 0.846. The lowest BCUT2D eigenvalue weighted by Crippen LogP contribution is -2.50. The molecule has 1 unspecified atom stereocenters. The number of hydrogen-bond acceptors (Lipinski definition) is 5. The van der Waals surface area contributed by atoms with Gasteiger partial charge in [0.1, 0.15) is 5.54 Å². The van der Waals surface area contributed by atoms with Crippen molar-refractivity contribution < 1.29 is 9.53 Å². The average Bonchev–Trinajstić information content (AvgIpc) is 2.92. The molecule has 0 aliphatic carbocycles. The Morgan fingerprint density at radius 1 is 1.50 bits per heavy atom. The first-order valence-corrected chi connectivity index (χ1v) is 8.15. The van der Waals surface area contributed by atoms with Crippen LogP contribution in [-0.4, -0.2) is 40.4 Å². The van der Waals surface area contributed by atoms with Crippen LogP contribution >= 0.6 is 11.8 Å². The number of esters is 1. The second kappa shape index (κ2) is 9.02. The molecule has 0 spiro atoms. The maximum absolute atomic E-state index is 12.0. The number of nitrogens with zero attached hydrogens (tertiary/aromatic N) is 1. The van der Waals surface area contributed by atoms with E-state index in [2.05, 4.69) is 15.3 Å².